The maximum atomic E-state index is 13.2. The Hall–Kier alpha value is -4.66. The third kappa shape index (κ3) is 6.26. The monoisotopic (exact) mass is 544 g/mol. The van der Waals surface area contributed by atoms with Crippen molar-refractivity contribution in [2.45, 2.75) is 12.2 Å². The van der Waals surface area contributed by atoms with E-state index in [0.29, 0.717) is 28.2 Å². The minimum Gasteiger partial charge on any atom is -0.493 e. The van der Waals surface area contributed by atoms with Crippen LogP contribution in [-0.2, 0) is 17.0 Å². The third-order valence-corrected chi connectivity index (χ3v) is 6.21. The fourth-order valence-electron chi connectivity index (χ4n) is 3.89. The van der Waals surface area contributed by atoms with Crippen LogP contribution in [0.1, 0.15) is 32.6 Å². The first-order chi connectivity index (χ1) is 18.8. The molecule has 4 rings (SSSR count). The van der Waals surface area contributed by atoms with Crippen LogP contribution in [0.5, 0.6) is 11.5 Å². The summed E-state index contributed by atoms with van der Waals surface area (Å²) in [5, 5.41) is 24.8. The van der Waals surface area contributed by atoms with E-state index in [9.17, 15) is 14.7 Å². The molecule has 8 nitrogen and oxygen atoms in total. The summed E-state index contributed by atoms with van der Waals surface area (Å²) in [6, 6.07) is 26.7. The van der Waals surface area contributed by atoms with Crippen molar-refractivity contribution in [2.75, 3.05) is 7.11 Å². The van der Waals surface area contributed by atoms with Crippen molar-refractivity contribution in [1.29, 1.82) is 0 Å². The maximum absolute atomic E-state index is 13.2. The number of carbonyl (C=O) groups is 2. The summed E-state index contributed by atoms with van der Waals surface area (Å²) in [6.45, 7) is 0.136. The Kier molecular flexibility index (Phi) is 8.60. The lowest BCUT2D eigenvalue weighted by molar-refractivity contribution is -0.136. The van der Waals surface area contributed by atoms with E-state index in [-0.39, 0.29) is 17.2 Å². The molecule has 9 heteroatoms. The van der Waals surface area contributed by atoms with Gasteiger partial charge in [0.2, 0.25) is 0 Å². The second-order valence-electron chi connectivity index (χ2n) is 8.47. The number of ether oxygens (including phenoxy) is 2. The predicted octanol–water partition coefficient (Wildman–Crippen LogP) is 5.01. The Morgan fingerprint density at radius 2 is 1.54 bits per heavy atom. The molecule has 0 atom stereocenters. The summed E-state index contributed by atoms with van der Waals surface area (Å²) >= 11 is 6.45. The van der Waals surface area contributed by atoms with Gasteiger partial charge in [0.1, 0.15) is 6.61 Å². The highest BCUT2D eigenvalue weighted by atomic mass is 35.5. The van der Waals surface area contributed by atoms with Crippen LogP contribution in [0, 0.1) is 0 Å². The number of aromatic carboxylic acids is 1. The lowest BCUT2D eigenvalue weighted by Crippen LogP contribution is -2.43. The molecule has 0 unspecified atom stereocenters. The molecule has 4 aromatic carbocycles. The van der Waals surface area contributed by atoms with Gasteiger partial charge in [-0.3, -0.25) is 4.79 Å². The average Bonchev–Trinajstić information content (AvgIpc) is 2.97. The quantitative estimate of drug-likeness (QED) is 0.191. The second-order valence-corrected chi connectivity index (χ2v) is 8.87. The van der Waals surface area contributed by atoms with Gasteiger partial charge in [-0.25, -0.2) is 10.2 Å². The van der Waals surface area contributed by atoms with E-state index < -0.39 is 17.5 Å². The van der Waals surface area contributed by atoms with Gasteiger partial charge in [0.05, 0.1) is 23.9 Å². The average molecular weight is 545 g/mol. The first-order valence-corrected chi connectivity index (χ1v) is 12.2. The number of hydrogen-bond acceptors (Lipinski definition) is 6. The van der Waals surface area contributed by atoms with Crippen molar-refractivity contribution in [1.82, 2.24) is 5.43 Å². The van der Waals surface area contributed by atoms with Crippen molar-refractivity contribution in [3.8, 4) is 11.5 Å². The molecule has 0 aliphatic rings. The number of aliphatic hydroxyl groups is 1. The zero-order valence-corrected chi connectivity index (χ0v) is 21.6. The van der Waals surface area contributed by atoms with Crippen LogP contribution in [0.15, 0.2) is 102 Å². The first-order valence-electron chi connectivity index (χ1n) is 11.8. The zero-order valence-electron chi connectivity index (χ0n) is 20.9. The van der Waals surface area contributed by atoms with Crippen LogP contribution >= 0.6 is 11.6 Å². The smallest absolute Gasteiger partial charge is 0.335 e. The summed E-state index contributed by atoms with van der Waals surface area (Å²) in [4.78, 5) is 24.2. The van der Waals surface area contributed by atoms with Gasteiger partial charge in [-0.05, 0) is 46.5 Å². The first kappa shape index (κ1) is 27.4. The number of rotatable bonds is 10. The largest absolute Gasteiger partial charge is 0.493 e. The Morgan fingerprint density at radius 1 is 0.949 bits per heavy atom. The molecule has 0 spiro atoms. The Morgan fingerprint density at radius 3 is 2.08 bits per heavy atom. The van der Waals surface area contributed by atoms with E-state index in [4.69, 9.17) is 26.2 Å². The summed E-state index contributed by atoms with van der Waals surface area (Å²) in [6.07, 6.45) is 1.37. The highest BCUT2D eigenvalue weighted by Gasteiger charge is 2.39. The number of nitrogens with zero attached hydrogens (tertiary/aromatic N) is 1. The third-order valence-electron chi connectivity index (χ3n) is 5.93. The summed E-state index contributed by atoms with van der Waals surface area (Å²) in [5.74, 6) is -1.11. The molecule has 0 aliphatic heterocycles. The fraction of sp³-hybridized carbons (Fsp3) is 0.100. The molecule has 0 aromatic heterocycles. The standard InChI is InChI=1S/C30H25ClN2O6/c1-38-26-17-21(16-25(31)27(26)39-19-20-12-14-22(15-13-20)28(34)35)18-32-33-29(36)30(37,23-8-4-2-5-9-23)24-10-6-3-7-11-24/h2-18,37H,19H2,1H3,(H,33,36)(H,34,35)/b32-18-. The SMILES string of the molecule is COc1cc(/C=N\NC(=O)C(O)(c2ccccc2)c2ccccc2)cc(Cl)c1OCc1ccc(C(=O)O)cc1. The summed E-state index contributed by atoms with van der Waals surface area (Å²) in [7, 11) is 1.46. The van der Waals surface area contributed by atoms with Gasteiger partial charge in [-0.15, -0.1) is 0 Å². The topological polar surface area (TPSA) is 117 Å². The molecule has 0 bridgehead atoms. The number of halogens is 1. The molecule has 0 aliphatic carbocycles. The van der Waals surface area contributed by atoms with Gasteiger partial charge in [-0.2, -0.15) is 5.10 Å². The molecule has 0 fully saturated rings. The molecule has 39 heavy (non-hydrogen) atoms. The number of carboxylic acids is 1. The number of methoxy groups -OCH3 is 1. The molecular formula is C30H25ClN2O6. The Labute approximate surface area is 230 Å². The highest BCUT2D eigenvalue weighted by molar-refractivity contribution is 6.32. The second kappa shape index (κ2) is 12.3. The van der Waals surface area contributed by atoms with Crippen molar-refractivity contribution >= 4 is 29.7 Å². The molecule has 0 saturated carbocycles. The van der Waals surface area contributed by atoms with Crippen LogP contribution in [0.4, 0.5) is 0 Å². The van der Waals surface area contributed by atoms with E-state index in [1.807, 2.05) is 0 Å². The van der Waals surface area contributed by atoms with Gasteiger partial charge in [0, 0.05) is 0 Å². The van der Waals surface area contributed by atoms with Crippen molar-refractivity contribution in [2.24, 2.45) is 5.10 Å². The van der Waals surface area contributed by atoms with Crippen molar-refractivity contribution < 1.29 is 29.3 Å². The minimum absolute atomic E-state index is 0.136. The lowest BCUT2D eigenvalue weighted by atomic mass is 9.85. The van der Waals surface area contributed by atoms with Crippen LogP contribution in [0.25, 0.3) is 0 Å². The zero-order chi connectivity index (χ0) is 27.8. The fourth-order valence-corrected chi connectivity index (χ4v) is 4.16. The van der Waals surface area contributed by atoms with Crippen LogP contribution in [0.3, 0.4) is 0 Å². The van der Waals surface area contributed by atoms with E-state index in [1.165, 1.54) is 25.5 Å². The van der Waals surface area contributed by atoms with Crippen LogP contribution in [-0.4, -0.2) is 35.4 Å². The van der Waals surface area contributed by atoms with Crippen molar-refractivity contribution in [3.63, 3.8) is 0 Å². The lowest BCUT2D eigenvalue weighted by Gasteiger charge is -2.27. The van der Waals surface area contributed by atoms with Crippen LogP contribution < -0.4 is 14.9 Å². The minimum atomic E-state index is -1.96. The van der Waals surface area contributed by atoms with E-state index >= 15 is 0 Å². The van der Waals surface area contributed by atoms with Gasteiger partial charge in [0.25, 0.3) is 5.91 Å². The number of nitrogens with one attached hydrogen (secondary N) is 1. The highest BCUT2D eigenvalue weighted by Crippen LogP contribution is 2.36. The molecule has 1 amide bonds. The molecule has 0 heterocycles. The van der Waals surface area contributed by atoms with Crippen LogP contribution in [0.2, 0.25) is 5.02 Å². The molecular weight excluding hydrogens is 520 g/mol. The predicted molar refractivity (Wildman–Crippen MR) is 147 cm³/mol. The normalized spacial score (nSPS) is 11.3. The summed E-state index contributed by atoms with van der Waals surface area (Å²) < 4.78 is 11.3. The number of hydrazone groups is 1. The number of benzene rings is 4. The van der Waals surface area contributed by atoms with E-state index in [0.717, 1.165) is 5.56 Å². The number of amides is 1. The Bertz CT molecular complexity index is 1440. The number of carboxylic acid groups (broad SMARTS) is 1. The number of hydrogen-bond donors (Lipinski definition) is 3. The van der Waals surface area contributed by atoms with Gasteiger partial charge < -0.3 is 19.7 Å². The van der Waals surface area contributed by atoms with Gasteiger partial charge in [0.15, 0.2) is 17.1 Å². The molecule has 0 radical (unpaired) electrons. The molecule has 0 saturated heterocycles. The van der Waals surface area contributed by atoms with E-state index in [1.54, 1.807) is 84.9 Å². The molecule has 4 aromatic rings. The maximum Gasteiger partial charge on any atom is 0.335 e. The Balaban J connectivity index is 1.50. The summed E-state index contributed by atoms with van der Waals surface area (Å²) in [5.41, 5.74) is 2.69. The van der Waals surface area contributed by atoms with E-state index in [2.05, 4.69) is 10.5 Å². The molecule has 198 valence electrons. The molecule has 3 N–H and O–H groups in total. The van der Waals surface area contributed by atoms with Crippen molar-refractivity contribution in [3.05, 3.63) is 130 Å². The van der Waals surface area contributed by atoms with Gasteiger partial charge >= 0.3 is 5.97 Å². The van der Waals surface area contributed by atoms with Gasteiger partial charge in [-0.1, -0.05) is 84.4 Å². The number of carbonyl (C=O) groups excluding carboxylic acids is 1.